The number of nitrogens with one attached hydrogen (secondary N) is 1. The van der Waals surface area contributed by atoms with Crippen LogP contribution in [0.3, 0.4) is 0 Å². The normalized spacial score (nSPS) is 17.1. The molecule has 0 bridgehead atoms. The Bertz CT molecular complexity index is 604. The van der Waals surface area contributed by atoms with Gasteiger partial charge in [-0.2, -0.15) is 0 Å². The fourth-order valence-electron chi connectivity index (χ4n) is 3.12. The van der Waals surface area contributed by atoms with Crippen molar-refractivity contribution in [2.45, 2.75) is 52.9 Å². The highest BCUT2D eigenvalue weighted by atomic mass is 32.1. The molecule has 0 aromatic carbocycles. The molecule has 1 N–H and O–H groups in total. The highest BCUT2D eigenvalue weighted by Gasteiger charge is 2.29. The van der Waals surface area contributed by atoms with Crippen LogP contribution in [0.25, 0.3) is 0 Å². The maximum absolute atomic E-state index is 12.4. The van der Waals surface area contributed by atoms with E-state index in [1.165, 1.54) is 35.1 Å². The maximum atomic E-state index is 12.4. The van der Waals surface area contributed by atoms with Crippen LogP contribution in [-0.2, 0) is 22.4 Å². The Morgan fingerprint density at radius 3 is 2.83 bits per heavy atom. The molecule has 2 rings (SSSR count). The Kier molecular flexibility index (Phi) is 6.39. The van der Waals surface area contributed by atoms with Crippen LogP contribution in [0.4, 0.5) is 5.00 Å². The molecule has 126 valence electrons. The van der Waals surface area contributed by atoms with Crippen molar-refractivity contribution in [1.82, 2.24) is 0 Å². The van der Waals surface area contributed by atoms with Crippen LogP contribution in [0.2, 0.25) is 0 Å². The molecule has 4 nitrogen and oxygen atoms in total. The summed E-state index contributed by atoms with van der Waals surface area (Å²) in [5.41, 5.74) is 1.65. The Morgan fingerprint density at radius 2 is 2.17 bits per heavy atom. The van der Waals surface area contributed by atoms with Crippen LogP contribution < -0.4 is 5.32 Å². The molecule has 1 aliphatic carbocycles. The van der Waals surface area contributed by atoms with E-state index in [1.54, 1.807) is 19.9 Å². The van der Waals surface area contributed by atoms with Crippen LogP contribution >= 0.6 is 11.3 Å². The Balaban J connectivity index is 2.33. The van der Waals surface area contributed by atoms with E-state index in [2.05, 4.69) is 12.2 Å². The van der Waals surface area contributed by atoms with Crippen molar-refractivity contribution >= 4 is 28.2 Å². The number of allylic oxidation sites excluding steroid dienone is 1. The Morgan fingerprint density at radius 1 is 1.39 bits per heavy atom. The van der Waals surface area contributed by atoms with E-state index in [4.69, 9.17) is 4.74 Å². The third kappa shape index (κ3) is 4.22. The number of thiophene rings is 1. The molecule has 0 unspecified atom stereocenters. The van der Waals surface area contributed by atoms with Gasteiger partial charge in [0.2, 0.25) is 5.91 Å². The summed E-state index contributed by atoms with van der Waals surface area (Å²) in [6.45, 7) is 6.13. The van der Waals surface area contributed by atoms with Gasteiger partial charge >= 0.3 is 5.97 Å². The molecule has 1 aromatic heterocycles. The quantitative estimate of drug-likeness (QED) is 0.621. The molecule has 0 saturated carbocycles. The van der Waals surface area contributed by atoms with Crippen LogP contribution in [0.15, 0.2) is 12.2 Å². The number of amides is 1. The zero-order valence-corrected chi connectivity index (χ0v) is 14.9. The van der Waals surface area contributed by atoms with Gasteiger partial charge in [0.05, 0.1) is 12.2 Å². The lowest BCUT2D eigenvalue weighted by atomic mass is 9.84. The minimum absolute atomic E-state index is 0.207. The van der Waals surface area contributed by atoms with Crippen LogP contribution in [0.5, 0.6) is 0 Å². The van der Waals surface area contributed by atoms with Gasteiger partial charge in [0.25, 0.3) is 0 Å². The number of fused-ring (bicyclic) bond motifs is 1. The fourth-order valence-corrected chi connectivity index (χ4v) is 4.47. The summed E-state index contributed by atoms with van der Waals surface area (Å²) in [5, 5.41) is 3.48. The molecule has 0 spiro atoms. The van der Waals surface area contributed by atoms with Gasteiger partial charge in [-0.15, -0.1) is 11.3 Å². The van der Waals surface area contributed by atoms with Gasteiger partial charge in [0.15, 0.2) is 0 Å². The van der Waals surface area contributed by atoms with Gasteiger partial charge < -0.3 is 10.1 Å². The molecule has 5 heteroatoms. The van der Waals surface area contributed by atoms with E-state index in [9.17, 15) is 9.59 Å². The number of hydrogen-bond donors (Lipinski definition) is 1. The summed E-state index contributed by atoms with van der Waals surface area (Å²) in [4.78, 5) is 25.5. The fraction of sp³-hybridized carbons (Fsp3) is 0.556. The van der Waals surface area contributed by atoms with Gasteiger partial charge in [-0.25, -0.2) is 4.79 Å². The van der Waals surface area contributed by atoms with E-state index in [0.717, 1.165) is 24.8 Å². The van der Waals surface area contributed by atoms with Crippen molar-refractivity contribution in [3.8, 4) is 0 Å². The third-order valence-electron chi connectivity index (χ3n) is 4.10. The first-order valence-corrected chi connectivity index (χ1v) is 9.17. The average Bonchev–Trinajstić information content (AvgIpc) is 2.85. The molecule has 1 aliphatic rings. The third-order valence-corrected chi connectivity index (χ3v) is 5.27. The van der Waals surface area contributed by atoms with E-state index in [0.29, 0.717) is 23.1 Å². The minimum Gasteiger partial charge on any atom is -0.462 e. The van der Waals surface area contributed by atoms with E-state index >= 15 is 0 Å². The zero-order chi connectivity index (χ0) is 16.8. The van der Waals surface area contributed by atoms with Gasteiger partial charge in [-0.1, -0.05) is 25.8 Å². The number of carbonyl (C=O) groups excluding carboxylic acids is 2. The van der Waals surface area contributed by atoms with Crippen molar-refractivity contribution in [3.63, 3.8) is 0 Å². The molecular formula is C18H25NO3S. The van der Waals surface area contributed by atoms with E-state index in [-0.39, 0.29) is 11.9 Å². The summed E-state index contributed by atoms with van der Waals surface area (Å²) in [5.74, 6) is 0.150. The van der Waals surface area contributed by atoms with Crippen molar-refractivity contribution in [2.75, 3.05) is 11.9 Å². The summed E-state index contributed by atoms with van der Waals surface area (Å²) in [7, 11) is 0. The summed E-state index contributed by atoms with van der Waals surface area (Å²) >= 11 is 1.53. The predicted octanol–water partition coefficient (Wildman–Crippen LogP) is 4.34. The summed E-state index contributed by atoms with van der Waals surface area (Å²) in [6.07, 6.45) is 8.54. The molecule has 1 amide bonds. The summed E-state index contributed by atoms with van der Waals surface area (Å²) in [6, 6.07) is 0. The molecule has 23 heavy (non-hydrogen) atoms. The first-order valence-electron chi connectivity index (χ1n) is 8.35. The first kappa shape index (κ1) is 17.7. The number of hydrogen-bond acceptors (Lipinski definition) is 4. The average molecular weight is 335 g/mol. The predicted molar refractivity (Wildman–Crippen MR) is 94.1 cm³/mol. The number of rotatable bonds is 6. The smallest absolute Gasteiger partial charge is 0.341 e. The van der Waals surface area contributed by atoms with Gasteiger partial charge in [-0.05, 0) is 50.7 Å². The standard InChI is InChI=1S/C18H25NO3S/c1-4-7-12-9-10-13-14(11-12)23-17(19-15(20)8-5-2)16(13)18(21)22-6-3/h5,8,12H,4,6-7,9-11H2,1-3H3,(H,19,20)/b8-5+/t12-/m0/s1. The second-order valence-corrected chi connectivity index (χ2v) is 6.92. The van der Waals surface area contributed by atoms with Crippen LogP contribution in [0, 0.1) is 5.92 Å². The molecule has 1 aromatic rings. The van der Waals surface area contributed by atoms with Crippen LogP contribution in [0.1, 0.15) is 60.8 Å². The molecule has 1 heterocycles. The highest BCUT2D eigenvalue weighted by molar-refractivity contribution is 7.17. The molecule has 1 atom stereocenters. The molecule has 0 radical (unpaired) electrons. The van der Waals surface area contributed by atoms with Gasteiger partial charge in [0, 0.05) is 4.88 Å². The first-order chi connectivity index (χ1) is 11.1. The van der Waals surface area contributed by atoms with Gasteiger partial charge in [-0.3, -0.25) is 4.79 Å². The van der Waals surface area contributed by atoms with Crippen molar-refractivity contribution in [3.05, 3.63) is 28.2 Å². The summed E-state index contributed by atoms with van der Waals surface area (Å²) < 4.78 is 5.21. The largest absolute Gasteiger partial charge is 0.462 e. The lowest BCUT2D eigenvalue weighted by molar-refractivity contribution is -0.111. The Labute approximate surface area is 141 Å². The van der Waals surface area contributed by atoms with Crippen molar-refractivity contribution < 1.29 is 14.3 Å². The molecule has 0 fully saturated rings. The number of ether oxygens (including phenoxy) is 1. The number of esters is 1. The zero-order valence-electron chi connectivity index (χ0n) is 14.1. The lowest BCUT2D eigenvalue weighted by Crippen LogP contribution is -2.16. The second kappa shape index (κ2) is 8.29. The second-order valence-electron chi connectivity index (χ2n) is 5.82. The topological polar surface area (TPSA) is 55.4 Å². The minimum atomic E-state index is -0.324. The lowest BCUT2D eigenvalue weighted by Gasteiger charge is -2.21. The maximum Gasteiger partial charge on any atom is 0.341 e. The highest BCUT2D eigenvalue weighted by Crippen LogP contribution is 2.41. The van der Waals surface area contributed by atoms with Crippen LogP contribution in [-0.4, -0.2) is 18.5 Å². The van der Waals surface area contributed by atoms with E-state index < -0.39 is 0 Å². The monoisotopic (exact) mass is 335 g/mol. The molecule has 0 aliphatic heterocycles. The van der Waals surface area contributed by atoms with E-state index in [1.807, 2.05) is 0 Å². The van der Waals surface area contributed by atoms with Crippen molar-refractivity contribution in [1.29, 1.82) is 0 Å². The molecular weight excluding hydrogens is 310 g/mol. The van der Waals surface area contributed by atoms with Gasteiger partial charge in [0.1, 0.15) is 5.00 Å². The molecule has 0 saturated heterocycles. The number of anilines is 1. The van der Waals surface area contributed by atoms with Crippen molar-refractivity contribution in [2.24, 2.45) is 5.92 Å². The Hall–Kier alpha value is -1.62. The SMILES string of the molecule is C/C=C/C(=O)Nc1sc2c(c1C(=O)OCC)CC[C@H](CCC)C2. The number of carbonyl (C=O) groups is 2.